The summed E-state index contributed by atoms with van der Waals surface area (Å²) in [5.74, 6) is -0.833. The Morgan fingerprint density at radius 2 is 1.67 bits per heavy atom. The standard InChI is InChI=1S/C35H58O10/c1-18(20(3)16-36)8-9-19(2)26-27(39)28(40)31-34(26,5)13-11-25-33(4)12-10-21(14-22(33)23(37)15-35(25,31)41)45-32-30(43-7)29(42-6)24(38)17-44-32/h8-9,14,18-21,23-32,36-41H,10-13,15-17H2,1-7H3/b9-8+/t18-,19+,20+,21-,23+,24+,25+,26-,27+,28-,29+,30-,31-,32-,33-,34+,35-/m0/s1. The highest BCUT2D eigenvalue weighted by atomic mass is 16.7. The monoisotopic (exact) mass is 638 g/mol. The first kappa shape index (κ1) is 35.4. The van der Waals surface area contributed by atoms with Crippen LogP contribution in [0.15, 0.2) is 23.8 Å². The van der Waals surface area contributed by atoms with E-state index in [4.69, 9.17) is 18.9 Å². The maximum Gasteiger partial charge on any atom is 0.187 e. The molecule has 4 fully saturated rings. The minimum absolute atomic E-state index is 0.0537. The molecular formula is C35H58O10. The fourth-order valence-corrected chi connectivity index (χ4v) is 10.4. The molecule has 0 unspecified atom stereocenters. The predicted octanol–water partition coefficient (Wildman–Crippen LogP) is 2.18. The number of aliphatic hydroxyl groups excluding tert-OH is 5. The number of hydrogen-bond acceptors (Lipinski definition) is 10. The highest BCUT2D eigenvalue weighted by Crippen LogP contribution is 2.69. The minimum atomic E-state index is -1.36. The summed E-state index contributed by atoms with van der Waals surface area (Å²) in [5, 5.41) is 67.4. The maximum atomic E-state index is 12.7. The van der Waals surface area contributed by atoms with Gasteiger partial charge in [0.25, 0.3) is 0 Å². The maximum absolute atomic E-state index is 12.7. The topological polar surface area (TPSA) is 158 Å². The Morgan fingerprint density at radius 1 is 0.978 bits per heavy atom. The average Bonchev–Trinajstić information content (AvgIpc) is 3.21. The minimum Gasteiger partial charge on any atom is -0.396 e. The molecule has 0 spiro atoms. The van der Waals surface area contributed by atoms with Gasteiger partial charge < -0.3 is 49.6 Å². The molecule has 6 N–H and O–H groups in total. The zero-order valence-corrected chi connectivity index (χ0v) is 28.1. The van der Waals surface area contributed by atoms with Gasteiger partial charge in [0, 0.05) is 33.2 Å². The van der Waals surface area contributed by atoms with Crippen LogP contribution >= 0.6 is 0 Å². The van der Waals surface area contributed by atoms with Crippen LogP contribution in [0.2, 0.25) is 0 Å². The predicted molar refractivity (Wildman–Crippen MR) is 167 cm³/mol. The van der Waals surface area contributed by atoms with E-state index < -0.39 is 65.3 Å². The zero-order valence-electron chi connectivity index (χ0n) is 28.1. The van der Waals surface area contributed by atoms with Crippen molar-refractivity contribution < 1.29 is 49.6 Å². The third kappa shape index (κ3) is 5.79. The van der Waals surface area contributed by atoms with Crippen molar-refractivity contribution in [2.24, 2.45) is 46.3 Å². The summed E-state index contributed by atoms with van der Waals surface area (Å²) in [6.07, 6.45) is 2.81. The zero-order chi connectivity index (χ0) is 33.1. The molecule has 1 saturated heterocycles. The van der Waals surface area contributed by atoms with Crippen LogP contribution in [-0.4, -0.2) is 113 Å². The van der Waals surface area contributed by atoms with Gasteiger partial charge in [0.2, 0.25) is 0 Å². The van der Waals surface area contributed by atoms with Crippen molar-refractivity contribution in [3.05, 3.63) is 23.8 Å². The van der Waals surface area contributed by atoms with Crippen LogP contribution in [0.5, 0.6) is 0 Å². The van der Waals surface area contributed by atoms with E-state index in [1.165, 1.54) is 14.2 Å². The molecule has 1 aliphatic heterocycles. The second-order valence-corrected chi connectivity index (χ2v) is 15.5. The molecule has 0 aromatic heterocycles. The molecule has 258 valence electrons. The smallest absolute Gasteiger partial charge is 0.187 e. The van der Waals surface area contributed by atoms with Crippen molar-refractivity contribution in [3.63, 3.8) is 0 Å². The van der Waals surface area contributed by atoms with E-state index >= 15 is 0 Å². The fraction of sp³-hybridized carbons (Fsp3) is 0.886. The summed E-state index contributed by atoms with van der Waals surface area (Å²) in [7, 11) is 3.05. The lowest BCUT2D eigenvalue weighted by Crippen LogP contribution is -2.66. The van der Waals surface area contributed by atoms with Crippen LogP contribution in [-0.2, 0) is 18.9 Å². The van der Waals surface area contributed by atoms with Crippen molar-refractivity contribution in [2.75, 3.05) is 27.4 Å². The number of methoxy groups -OCH3 is 2. The Balaban J connectivity index is 1.38. The molecule has 5 aliphatic rings. The van der Waals surface area contributed by atoms with E-state index in [2.05, 4.69) is 39.8 Å². The fourth-order valence-electron chi connectivity index (χ4n) is 10.4. The van der Waals surface area contributed by atoms with Gasteiger partial charge in [0.15, 0.2) is 6.29 Å². The molecule has 0 aromatic rings. The number of fused-ring (bicyclic) bond motifs is 5. The quantitative estimate of drug-likeness (QED) is 0.207. The summed E-state index contributed by atoms with van der Waals surface area (Å²) >= 11 is 0. The van der Waals surface area contributed by atoms with Crippen LogP contribution < -0.4 is 0 Å². The van der Waals surface area contributed by atoms with Crippen molar-refractivity contribution in [3.8, 4) is 0 Å². The first-order chi connectivity index (χ1) is 21.2. The number of hydrogen-bond donors (Lipinski definition) is 6. The van der Waals surface area contributed by atoms with E-state index in [9.17, 15) is 30.6 Å². The Hall–Kier alpha value is -0.920. The number of ether oxygens (including phenoxy) is 4. The number of allylic oxidation sites excluding steroid dienone is 2. The Kier molecular flexibility index (Phi) is 10.4. The van der Waals surface area contributed by atoms with Crippen molar-refractivity contribution in [1.29, 1.82) is 0 Å². The normalized spacial score (nSPS) is 50.3. The van der Waals surface area contributed by atoms with Crippen LogP contribution in [0.25, 0.3) is 0 Å². The van der Waals surface area contributed by atoms with E-state index in [1.54, 1.807) is 0 Å². The van der Waals surface area contributed by atoms with E-state index in [0.717, 1.165) is 12.0 Å². The van der Waals surface area contributed by atoms with Crippen LogP contribution in [0.3, 0.4) is 0 Å². The summed E-state index contributed by atoms with van der Waals surface area (Å²) in [6, 6.07) is 0. The molecule has 45 heavy (non-hydrogen) atoms. The van der Waals surface area contributed by atoms with Crippen molar-refractivity contribution in [2.45, 2.75) is 121 Å². The third-order valence-corrected chi connectivity index (χ3v) is 13.0. The van der Waals surface area contributed by atoms with Crippen LogP contribution in [0.4, 0.5) is 0 Å². The molecule has 0 amide bonds. The number of aliphatic hydroxyl groups is 6. The molecule has 4 aliphatic carbocycles. The van der Waals surface area contributed by atoms with Gasteiger partial charge >= 0.3 is 0 Å². The molecule has 0 aromatic carbocycles. The SMILES string of the molecule is CO[C@@H]1[C@H](O[C@@H]2C=C3[C@H](O)C[C@@]4(O)[C@H]5[C@@H](O)[C@H](O)[C@H]([C@H](C)/C=C/[C@H](C)[C@H](C)CO)[C@@]5(C)CC[C@@H]4[C@@]3(C)CC2)OC[C@@H](O)[C@H]1OC. The summed E-state index contributed by atoms with van der Waals surface area (Å²) in [6.45, 7) is 10.5. The van der Waals surface area contributed by atoms with Crippen molar-refractivity contribution in [1.82, 2.24) is 0 Å². The lowest BCUT2D eigenvalue weighted by Gasteiger charge is -2.63. The molecule has 5 rings (SSSR count). The molecule has 17 atom stereocenters. The highest BCUT2D eigenvalue weighted by Gasteiger charge is 2.72. The Bertz CT molecular complexity index is 1100. The van der Waals surface area contributed by atoms with E-state index in [-0.39, 0.29) is 55.3 Å². The molecule has 10 nitrogen and oxygen atoms in total. The van der Waals surface area contributed by atoms with Gasteiger partial charge in [0.1, 0.15) is 18.3 Å². The largest absolute Gasteiger partial charge is 0.396 e. The van der Waals surface area contributed by atoms with Gasteiger partial charge in [-0.25, -0.2) is 0 Å². The van der Waals surface area contributed by atoms with Gasteiger partial charge in [0.05, 0.1) is 36.6 Å². The summed E-state index contributed by atoms with van der Waals surface area (Å²) < 4.78 is 23.2. The second kappa shape index (κ2) is 13.2. The molecule has 1 heterocycles. The molecule has 0 bridgehead atoms. The molecule has 10 heteroatoms. The first-order valence-corrected chi connectivity index (χ1v) is 17.0. The lowest BCUT2D eigenvalue weighted by atomic mass is 9.43. The van der Waals surface area contributed by atoms with Gasteiger partial charge in [-0.2, -0.15) is 0 Å². The van der Waals surface area contributed by atoms with Gasteiger partial charge in [-0.3, -0.25) is 0 Å². The average molecular weight is 639 g/mol. The molecule has 0 radical (unpaired) electrons. The molecular weight excluding hydrogens is 580 g/mol. The van der Waals surface area contributed by atoms with Crippen LogP contribution in [0.1, 0.15) is 66.7 Å². The number of rotatable bonds is 9. The summed E-state index contributed by atoms with van der Waals surface area (Å²) in [4.78, 5) is 0. The van der Waals surface area contributed by atoms with Crippen LogP contribution in [0, 0.1) is 46.3 Å². The van der Waals surface area contributed by atoms with Gasteiger partial charge in [-0.15, -0.1) is 0 Å². The first-order valence-electron chi connectivity index (χ1n) is 17.0. The second-order valence-electron chi connectivity index (χ2n) is 15.5. The van der Waals surface area contributed by atoms with Gasteiger partial charge in [-0.1, -0.05) is 52.8 Å². The third-order valence-electron chi connectivity index (χ3n) is 13.0. The Morgan fingerprint density at radius 3 is 2.31 bits per heavy atom. The van der Waals surface area contributed by atoms with Gasteiger partial charge in [-0.05, 0) is 71.7 Å². The van der Waals surface area contributed by atoms with E-state index in [1.807, 2.05) is 13.0 Å². The Labute approximate surface area is 268 Å². The van der Waals surface area contributed by atoms with Crippen molar-refractivity contribution >= 4 is 0 Å². The highest BCUT2D eigenvalue weighted by molar-refractivity contribution is 5.33. The summed E-state index contributed by atoms with van der Waals surface area (Å²) in [5.41, 5.74) is -1.57. The molecule has 3 saturated carbocycles. The van der Waals surface area contributed by atoms with E-state index in [0.29, 0.717) is 19.3 Å². The lowest BCUT2D eigenvalue weighted by molar-refractivity contribution is -0.289.